The van der Waals surface area contributed by atoms with Crippen LogP contribution < -0.4 is 0 Å². The van der Waals surface area contributed by atoms with E-state index < -0.39 is 0 Å². The summed E-state index contributed by atoms with van der Waals surface area (Å²) in [7, 11) is 0. The maximum absolute atomic E-state index is 13.2. The van der Waals surface area contributed by atoms with E-state index in [9.17, 15) is 4.39 Å². The molecule has 0 spiro atoms. The van der Waals surface area contributed by atoms with Crippen LogP contribution in [0.25, 0.3) is 33.7 Å². The highest BCUT2D eigenvalue weighted by Gasteiger charge is 2.12. The first kappa shape index (κ1) is 18.3. The van der Waals surface area contributed by atoms with Crippen molar-refractivity contribution in [3.63, 3.8) is 0 Å². The lowest BCUT2D eigenvalue weighted by Gasteiger charge is -2.04. The van der Waals surface area contributed by atoms with Gasteiger partial charge in [-0.25, -0.2) is 9.37 Å². The molecule has 0 amide bonds. The fourth-order valence-corrected chi connectivity index (χ4v) is 3.61. The Hall–Kier alpha value is -3.73. The fourth-order valence-electron chi connectivity index (χ4n) is 3.61. The van der Waals surface area contributed by atoms with Crippen LogP contribution in [0.5, 0.6) is 0 Å². The van der Waals surface area contributed by atoms with E-state index in [-0.39, 0.29) is 5.82 Å². The Kier molecular flexibility index (Phi) is 4.43. The van der Waals surface area contributed by atoms with E-state index in [4.69, 9.17) is 10.1 Å². The summed E-state index contributed by atoms with van der Waals surface area (Å²) in [6.07, 6.45) is 0. The Morgan fingerprint density at radius 2 is 1.60 bits per heavy atom. The van der Waals surface area contributed by atoms with Crippen LogP contribution in [0.4, 0.5) is 4.39 Å². The summed E-state index contributed by atoms with van der Waals surface area (Å²) in [5, 5.41) is 4.76. The summed E-state index contributed by atoms with van der Waals surface area (Å²) < 4.78 is 15.2. The molecule has 0 atom stereocenters. The Labute approximate surface area is 174 Å². The number of rotatable bonds is 4. The maximum atomic E-state index is 13.2. The minimum absolute atomic E-state index is 0.236. The molecule has 1 N–H and O–H groups in total. The zero-order valence-corrected chi connectivity index (χ0v) is 16.9. The third-order valence-electron chi connectivity index (χ3n) is 5.34. The molecule has 0 saturated carbocycles. The van der Waals surface area contributed by atoms with Gasteiger partial charge in [0.15, 0.2) is 5.82 Å². The van der Waals surface area contributed by atoms with E-state index in [1.165, 1.54) is 23.3 Å². The van der Waals surface area contributed by atoms with Crippen molar-refractivity contribution in [1.29, 1.82) is 0 Å². The quantitative estimate of drug-likeness (QED) is 0.411. The summed E-state index contributed by atoms with van der Waals surface area (Å²) in [5.74, 6) is 0.507. The van der Waals surface area contributed by atoms with Gasteiger partial charge in [-0.05, 0) is 60.9 Å². The molecule has 4 nitrogen and oxygen atoms in total. The van der Waals surface area contributed by atoms with E-state index in [0.717, 1.165) is 45.9 Å². The number of hydrogen-bond acceptors (Lipinski definition) is 2. The van der Waals surface area contributed by atoms with Crippen LogP contribution in [-0.2, 0) is 6.54 Å². The number of nitrogens with one attached hydrogen (secondary N) is 1. The molecule has 148 valence electrons. The molecule has 0 aliphatic heterocycles. The first-order valence-electron chi connectivity index (χ1n) is 9.91. The molecule has 0 saturated heterocycles. The molecule has 0 fully saturated rings. The van der Waals surface area contributed by atoms with E-state index in [1.807, 2.05) is 28.9 Å². The molecule has 3 aromatic carbocycles. The van der Waals surface area contributed by atoms with Crippen molar-refractivity contribution < 1.29 is 4.39 Å². The maximum Gasteiger partial charge on any atom is 0.159 e. The number of nitrogens with zero attached hydrogens (tertiary/aromatic N) is 3. The van der Waals surface area contributed by atoms with Gasteiger partial charge in [-0.1, -0.05) is 48.0 Å². The number of halogens is 1. The minimum atomic E-state index is -0.236. The van der Waals surface area contributed by atoms with Gasteiger partial charge in [0.25, 0.3) is 0 Å². The lowest BCUT2D eigenvalue weighted by molar-refractivity contribution is 0.628. The summed E-state index contributed by atoms with van der Waals surface area (Å²) in [6.45, 7) is 4.87. The van der Waals surface area contributed by atoms with Crippen molar-refractivity contribution in [3.8, 4) is 22.6 Å². The third-order valence-corrected chi connectivity index (χ3v) is 5.34. The first-order valence-corrected chi connectivity index (χ1v) is 9.91. The minimum Gasteiger partial charge on any atom is -0.337 e. The van der Waals surface area contributed by atoms with Crippen molar-refractivity contribution in [1.82, 2.24) is 19.7 Å². The topological polar surface area (TPSA) is 46.5 Å². The van der Waals surface area contributed by atoms with Gasteiger partial charge in [0.2, 0.25) is 0 Å². The summed E-state index contributed by atoms with van der Waals surface area (Å²) in [4.78, 5) is 8.10. The van der Waals surface area contributed by atoms with Crippen LogP contribution in [0.3, 0.4) is 0 Å². The molecule has 30 heavy (non-hydrogen) atoms. The van der Waals surface area contributed by atoms with Crippen molar-refractivity contribution in [2.24, 2.45) is 0 Å². The van der Waals surface area contributed by atoms with E-state index in [0.29, 0.717) is 0 Å². The van der Waals surface area contributed by atoms with Gasteiger partial charge in [0.05, 0.1) is 17.6 Å². The molecule has 2 heterocycles. The van der Waals surface area contributed by atoms with Crippen molar-refractivity contribution in [2.75, 3.05) is 0 Å². The van der Waals surface area contributed by atoms with E-state index >= 15 is 0 Å². The molecular formula is C25H21FN4. The standard InChI is InChI=1S/C25H21FN4/c1-16-3-5-18(6-4-16)15-30-17(2)13-24(29-30)25-27-22-12-9-20(14-23(22)28-25)19-7-10-21(26)11-8-19/h3-14H,15H2,1-2H3,(H,27,28). The summed E-state index contributed by atoms with van der Waals surface area (Å²) in [5.41, 5.74) is 8.15. The van der Waals surface area contributed by atoms with Gasteiger partial charge in [-0.2, -0.15) is 5.10 Å². The highest BCUT2D eigenvalue weighted by atomic mass is 19.1. The highest BCUT2D eigenvalue weighted by molar-refractivity contribution is 5.84. The van der Waals surface area contributed by atoms with Gasteiger partial charge in [0, 0.05) is 5.69 Å². The van der Waals surface area contributed by atoms with Gasteiger partial charge in [0.1, 0.15) is 11.5 Å². The number of aromatic amines is 1. The average molecular weight is 396 g/mol. The number of fused-ring (bicyclic) bond motifs is 1. The zero-order valence-electron chi connectivity index (χ0n) is 16.9. The number of aromatic nitrogens is 4. The normalized spacial score (nSPS) is 11.3. The lowest BCUT2D eigenvalue weighted by atomic mass is 10.1. The number of imidazole rings is 1. The molecule has 0 radical (unpaired) electrons. The second kappa shape index (κ2) is 7.26. The molecule has 0 aliphatic rings. The largest absolute Gasteiger partial charge is 0.337 e. The predicted molar refractivity (Wildman–Crippen MR) is 118 cm³/mol. The molecule has 5 aromatic rings. The third kappa shape index (κ3) is 3.50. The predicted octanol–water partition coefficient (Wildman–Crippen LogP) is 5.90. The van der Waals surface area contributed by atoms with Gasteiger partial charge in [-0.3, -0.25) is 4.68 Å². The average Bonchev–Trinajstić information content (AvgIpc) is 3.33. The SMILES string of the molecule is Cc1ccc(Cn2nc(-c3nc4ccc(-c5ccc(F)cc5)cc4[nH]3)cc2C)cc1. The highest BCUT2D eigenvalue weighted by Crippen LogP contribution is 2.26. The van der Waals surface area contributed by atoms with Crippen LogP contribution >= 0.6 is 0 Å². The van der Waals surface area contributed by atoms with E-state index in [1.54, 1.807) is 12.1 Å². The zero-order chi connectivity index (χ0) is 20.7. The Morgan fingerprint density at radius 1 is 0.867 bits per heavy atom. The van der Waals surface area contributed by atoms with E-state index in [2.05, 4.69) is 43.1 Å². The van der Waals surface area contributed by atoms with Gasteiger partial charge < -0.3 is 4.98 Å². The smallest absolute Gasteiger partial charge is 0.159 e. The van der Waals surface area contributed by atoms with Crippen molar-refractivity contribution in [3.05, 3.63) is 95.4 Å². The van der Waals surface area contributed by atoms with Crippen molar-refractivity contribution in [2.45, 2.75) is 20.4 Å². The number of aryl methyl sites for hydroxylation is 2. The second-order valence-corrected chi connectivity index (χ2v) is 7.64. The molecule has 0 bridgehead atoms. The van der Waals surface area contributed by atoms with Crippen LogP contribution in [0, 0.1) is 19.7 Å². The Balaban J connectivity index is 1.46. The van der Waals surface area contributed by atoms with Crippen LogP contribution in [0.2, 0.25) is 0 Å². The lowest BCUT2D eigenvalue weighted by Crippen LogP contribution is -2.03. The Bertz CT molecular complexity index is 1330. The number of H-pyrrole nitrogens is 1. The molecule has 0 aliphatic carbocycles. The molecule has 0 unspecified atom stereocenters. The summed E-state index contributed by atoms with van der Waals surface area (Å²) >= 11 is 0. The number of hydrogen-bond donors (Lipinski definition) is 1. The molecule has 5 heteroatoms. The van der Waals surface area contributed by atoms with Gasteiger partial charge in [-0.15, -0.1) is 0 Å². The fraction of sp³-hybridized carbons (Fsp3) is 0.120. The second-order valence-electron chi connectivity index (χ2n) is 7.64. The molecule has 5 rings (SSSR count). The van der Waals surface area contributed by atoms with Crippen LogP contribution in [0.1, 0.15) is 16.8 Å². The van der Waals surface area contributed by atoms with Crippen LogP contribution in [0.15, 0.2) is 72.8 Å². The van der Waals surface area contributed by atoms with Crippen LogP contribution in [-0.4, -0.2) is 19.7 Å². The molecule has 2 aromatic heterocycles. The first-order chi connectivity index (χ1) is 14.5. The number of benzene rings is 3. The Morgan fingerprint density at radius 3 is 2.37 bits per heavy atom. The van der Waals surface area contributed by atoms with Gasteiger partial charge >= 0.3 is 0 Å². The summed E-state index contributed by atoms with van der Waals surface area (Å²) in [6, 6.07) is 23.1. The van der Waals surface area contributed by atoms with Crippen molar-refractivity contribution >= 4 is 11.0 Å². The molecular weight excluding hydrogens is 375 g/mol. The monoisotopic (exact) mass is 396 g/mol.